The van der Waals surface area contributed by atoms with Gasteiger partial charge in [-0.25, -0.2) is 0 Å². The number of aliphatic hydroxyl groups is 1. The number of hydrogen-bond donors (Lipinski definition) is 1. The second-order valence-electron chi connectivity index (χ2n) is 7.91. The lowest BCUT2D eigenvalue weighted by atomic mass is 9.96. The summed E-state index contributed by atoms with van der Waals surface area (Å²) < 4.78 is 22.6. The molecule has 1 aliphatic heterocycles. The Labute approximate surface area is 178 Å². The molecule has 1 heterocycles. The fourth-order valence-corrected chi connectivity index (χ4v) is 4.76. The van der Waals surface area contributed by atoms with E-state index in [4.69, 9.17) is 18.9 Å². The van der Waals surface area contributed by atoms with Crippen LogP contribution in [-0.2, 0) is 24.1 Å². The number of benzene rings is 2. The third-order valence-corrected chi connectivity index (χ3v) is 6.25. The first-order valence-electron chi connectivity index (χ1n) is 10.6. The summed E-state index contributed by atoms with van der Waals surface area (Å²) in [5.41, 5.74) is 5.05. The Morgan fingerprint density at radius 1 is 0.967 bits per heavy atom. The fraction of sp³-hybridized carbons (Fsp3) is 0.500. The summed E-state index contributed by atoms with van der Waals surface area (Å²) in [6.45, 7) is 2.05. The topological polar surface area (TPSA) is 60.4 Å². The Kier molecular flexibility index (Phi) is 6.46. The van der Waals surface area contributed by atoms with Gasteiger partial charge in [-0.05, 0) is 54.2 Å². The van der Waals surface area contributed by atoms with Crippen molar-refractivity contribution >= 4 is 0 Å². The third-order valence-electron chi connectivity index (χ3n) is 6.25. The van der Waals surface area contributed by atoms with Gasteiger partial charge in [-0.3, -0.25) is 4.90 Å². The third kappa shape index (κ3) is 4.00. The van der Waals surface area contributed by atoms with Crippen LogP contribution in [0.5, 0.6) is 17.2 Å². The molecule has 0 radical (unpaired) electrons. The molecule has 1 N–H and O–H groups in total. The molecular formula is C24H31NO5. The van der Waals surface area contributed by atoms with E-state index >= 15 is 0 Å². The van der Waals surface area contributed by atoms with Gasteiger partial charge in [-0.1, -0.05) is 12.1 Å². The number of methoxy groups -OCH3 is 3. The molecule has 6 heteroatoms. The van der Waals surface area contributed by atoms with Crippen molar-refractivity contribution in [2.24, 2.45) is 0 Å². The Morgan fingerprint density at radius 3 is 2.40 bits per heavy atom. The predicted octanol–water partition coefficient (Wildman–Crippen LogP) is 3.14. The summed E-state index contributed by atoms with van der Waals surface area (Å²) in [5, 5.41) is 10.0. The number of ether oxygens (including phenoxy) is 4. The molecule has 2 aromatic carbocycles. The molecule has 2 unspecified atom stereocenters. The first-order valence-corrected chi connectivity index (χ1v) is 10.6. The van der Waals surface area contributed by atoms with E-state index in [1.54, 1.807) is 21.3 Å². The van der Waals surface area contributed by atoms with Crippen molar-refractivity contribution < 1.29 is 24.1 Å². The van der Waals surface area contributed by atoms with Crippen LogP contribution in [0.15, 0.2) is 30.3 Å². The van der Waals surface area contributed by atoms with Crippen LogP contribution in [0.4, 0.5) is 0 Å². The predicted molar refractivity (Wildman–Crippen MR) is 115 cm³/mol. The monoisotopic (exact) mass is 413 g/mol. The van der Waals surface area contributed by atoms with Gasteiger partial charge in [-0.15, -0.1) is 0 Å². The molecule has 1 fully saturated rings. The maximum Gasteiger partial charge on any atom is 0.161 e. The quantitative estimate of drug-likeness (QED) is 0.753. The zero-order chi connectivity index (χ0) is 21.1. The highest BCUT2D eigenvalue weighted by molar-refractivity contribution is 5.46. The lowest BCUT2D eigenvalue weighted by molar-refractivity contribution is -0.0962. The van der Waals surface area contributed by atoms with Gasteiger partial charge in [0.25, 0.3) is 0 Å². The Bertz CT molecular complexity index is 884. The smallest absolute Gasteiger partial charge is 0.161 e. The van der Waals surface area contributed by atoms with Gasteiger partial charge in [0.1, 0.15) is 11.9 Å². The Hall–Kier alpha value is -2.28. The van der Waals surface area contributed by atoms with Crippen LogP contribution in [0.3, 0.4) is 0 Å². The van der Waals surface area contributed by atoms with Crippen LogP contribution in [-0.4, -0.2) is 57.2 Å². The molecule has 6 nitrogen and oxygen atoms in total. The molecule has 4 rings (SSSR count). The van der Waals surface area contributed by atoms with Crippen molar-refractivity contribution in [3.05, 3.63) is 52.6 Å². The molecule has 0 spiro atoms. The summed E-state index contributed by atoms with van der Waals surface area (Å²) in [5.74, 6) is 2.30. The number of aryl methyl sites for hydroxylation is 2. The minimum Gasteiger partial charge on any atom is -0.496 e. The van der Waals surface area contributed by atoms with Crippen molar-refractivity contribution in [2.75, 3.05) is 41.1 Å². The molecule has 30 heavy (non-hydrogen) atoms. The van der Waals surface area contributed by atoms with E-state index in [1.165, 1.54) is 23.1 Å². The average Bonchev–Trinajstić information content (AvgIpc) is 3.25. The van der Waals surface area contributed by atoms with Crippen molar-refractivity contribution in [3.63, 3.8) is 0 Å². The van der Waals surface area contributed by atoms with Crippen molar-refractivity contribution in [2.45, 2.75) is 38.0 Å². The number of hydrogen-bond acceptors (Lipinski definition) is 6. The minimum atomic E-state index is -0.308. The summed E-state index contributed by atoms with van der Waals surface area (Å²) >= 11 is 0. The zero-order valence-electron chi connectivity index (χ0n) is 18.0. The van der Waals surface area contributed by atoms with Gasteiger partial charge in [0.15, 0.2) is 11.5 Å². The van der Waals surface area contributed by atoms with Crippen LogP contribution in [0.25, 0.3) is 0 Å². The van der Waals surface area contributed by atoms with Crippen LogP contribution >= 0.6 is 0 Å². The highest BCUT2D eigenvalue weighted by Gasteiger charge is 2.34. The summed E-state index contributed by atoms with van der Waals surface area (Å²) in [6.07, 6.45) is 3.16. The lowest BCUT2D eigenvalue weighted by Gasteiger charge is -2.41. The van der Waals surface area contributed by atoms with Crippen LogP contribution in [0.1, 0.15) is 34.7 Å². The first kappa shape index (κ1) is 21.0. The van der Waals surface area contributed by atoms with E-state index in [0.29, 0.717) is 18.1 Å². The van der Waals surface area contributed by atoms with Crippen LogP contribution in [0.2, 0.25) is 0 Å². The molecule has 162 valence electrons. The normalized spacial score (nSPS) is 21.3. The largest absolute Gasteiger partial charge is 0.496 e. The molecule has 0 amide bonds. The van der Waals surface area contributed by atoms with Crippen molar-refractivity contribution in [1.82, 2.24) is 4.90 Å². The maximum absolute atomic E-state index is 10.0. The van der Waals surface area contributed by atoms with Crippen LogP contribution in [0, 0.1) is 0 Å². The number of rotatable bonds is 7. The molecule has 0 saturated carbocycles. The zero-order valence-corrected chi connectivity index (χ0v) is 18.0. The minimum absolute atomic E-state index is 0.0448. The maximum atomic E-state index is 10.0. The van der Waals surface area contributed by atoms with Gasteiger partial charge >= 0.3 is 0 Å². The van der Waals surface area contributed by atoms with Crippen LogP contribution < -0.4 is 14.2 Å². The van der Waals surface area contributed by atoms with Gasteiger partial charge in [0, 0.05) is 18.7 Å². The molecule has 1 saturated heterocycles. The van der Waals surface area contributed by atoms with Gasteiger partial charge in [-0.2, -0.15) is 0 Å². The molecule has 2 aromatic rings. The first-order chi connectivity index (χ1) is 14.7. The van der Waals surface area contributed by atoms with Crippen molar-refractivity contribution in [3.8, 4) is 17.2 Å². The van der Waals surface area contributed by atoms with E-state index in [1.807, 2.05) is 18.2 Å². The number of aliphatic hydroxyl groups excluding tert-OH is 1. The molecule has 2 atom stereocenters. The van der Waals surface area contributed by atoms with E-state index < -0.39 is 0 Å². The highest BCUT2D eigenvalue weighted by Crippen LogP contribution is 2.38. The fourth-order valence-electron chi connectivity index (χ4n) is 4.76. The molecule has 0 bridgehead atoms. The summed E-state index contributed by atoms with van der Waals surface area (Å²) in [4.78, 5) is 2.37. The van der Waals surface area contributed by atoms with E-state index in [0.717, 1.165) is 37.2 Å². The van der Waals surface area contributed by atoms with Gasteiger partial charge in [0.2, 0.25) is 0 Å². The average molecular weight is 414 g/mol. The molecular weight excluding hydrogens is 382 g/mol. The van der Waals surface area contributed by atoms with Crippen molar-refractivity contribution in [1.29, 1.82) is 0 Å². The number of nitrogens with zero attached hydrogens (tertiary/aromatic N) is 1. The molecule has 1 aliphatic carbocycles. The second kappa shape index (κ2) is 9.25. The molecule has 0 aromatic heterocycles. The van der Waals surface area contributed by atoms with Gasteiger partial charge in [0.05, 0.1) is 40.6 Å². The summed E-state index contributed by atoms with van der Waals surface area (Å²) in [7, 11) is 5.00. The van der Waals surface area contributed by atoms with E-state index in [2.05, 4.69) is 17.0 Å². The molecule has 2 aliphatic rings. The second-order valence-corrected chi connectivity index (χ2v) is 7.91. The lowest BCUT2D eigenvalue weighted by Crippen LogP contribution is -2.46. The Morgan fingerprint density at radius 2 is 1.70 bits per heavy atom. The number of fused-ring (bicyclic) bond motifs is 1. The van der Waals surface area contributed by atoms with Gasteiger partial charge < -0.3 is 24.1 Å². The van der Waals surface area contributed by atoms with E-state index in [-0.39, 0.29) is 18.8 Å². The Balaban J connectivity index is 1.68. The number of morpholine rings is 1. The standard InChI is InChI=1S/C24H31NO5/c1-27-20-8-7-18(13-22(20)29-3)24-23(15-26)30-10-9-25(24)14-19-11-16-5-4-6-17(16)12-21(19)28-2/h7-8,11-13,23-24,26H,4-6,9-10,14-15H2,1-3H3. The van der Waals surface area contributed by atoms with E-state index in [9.17, 15) is 5.11 Å². The summed E-state index contributed by atoms with van der Waals surface area (Å²) in [6, 6.07) is 10.3. The SMILES string of the molecule is COc1cc2c(cc1CN1CCOC(CO)C1c1ccc(OC)c(OC)c1)CCC2. The highest BCUT2D eigenvalue weighted by atomic mass is 16.5.